The summed E-state index contributed by atoms with van der Waals surface area (Å²) in [4.78, 5) is 13.2. The lowest BCUT2D eigenvalue weighted by molar-refractivity contribution is -0.143. The van der Waals surface area contributed by atoms with E-state index >= 15 is 0 Å². The highest BCUT2D eigenvalue weighted by Gasteiger charge is 2.30. The third-order valence-corrected chi connectivity index (χ3v) is 3.20. The van der Waals surface area contributed by atoms with E-state index in [0.717, 1.165) is 13.0 Å². The molecule has 2 unspecified atom stereocenters. The van der Waals surface area contributed by atoms with Crippen LogP contribution in [-0.2, 0) is 4.79 Å². The average Bonchev–Trinajstić information content (AvgIpc) is 2.29. The highest BCUT2D eigenvalue weighted by molar-refractivity contribution is 5.74. The summed E-state index contributed by atoms with van der Waals surface area (Å²) >= 11 is 0. The van der Waals surface area contributed by atoms with Crippen molar-refractivity contribution in [2.24, 2.45) is 0 Å². The van der Waals surface area contributed by atoms with Crippen LogP contribution < -0.4 is 0 Å². The van der Waals surface area contributed by atoms with Crippen LogP contribution in [0.15, 0.2) is 36.0 Å². The van der Waals surface area contributed by atoms with E-state index in [-0.39, 0.29) is 12.1 Å². The second-order valence-electron chi connectivity index (χ2n) is 4.43. The molecular weight excluding hydrogens is 202 g/mol. The molecule has 0 aromatic rings. The fraction of sp³-hybridized carbons (Fsp3) is 0.462. The van der Waals surface area contributed by atoms with E-state index < -0.39 is 5.97 Å². The predicted octanol–water partition coefficient (Wildman–Crippen LogP) is 1.98. The quantitative estimate of drug-likeness (QED) is 0.722. The van der Waals surface area contributed by atoms with Gasteiger partial charge in [-0.25, -0.2) is 0 Å². The Morgan fingerprint density at radius 2 is 2.31 bits per heavy atom. The smallest absolute Gasteiger partial charge is 0.321 e. The van der Waals surface area contributed by atoms with Gasteiger partial charge in [-0.15, -0.1) is 0 Å². The summed E-state index contributed by atoms with van der Waals surface area (Å²) < 4.78 is 0. The first-order chi connectivity index (χ1) is 7.68. The highest BCUT2D eigenvalue weighted by Crippen LogP contribution is 2.23. The maximum Gasteiger partial charge on any atom is 0.321 e. The van der Waals surface area contributed by atoms with Gasteiger partial charge in [-0.3, -0.25) is 9.69 Å². The van der Waals surface area contributed by atoms with Gasteiger partial charge >= 0.3 is 5.97 Å². The maximum atomic E-state index is 11.2. The fourth-order valence-corrected chi connectivity index (χ4v) is 2.34. The van der Waals surface area contributed by atoms with E-state index in [1.807, 2.05) is 12.2 Å². The molecule has 0 fully saturated rings. The number of carbonyl (C=O) groups is 1. The second kappa shape index (κ2) is 4.66. The van der Waals surface area contributed by atoms with Crippen molar-refractivity contribution in [2.75, 3.05) is 6.54 Å². The predicted molar refractivity (Wildman–Crippen MR) is 63.2 cm³/mol. The molecule has 86 valence electrons. The van der Waals surface area contributed by atoms with E-state index in [1.54, 1.807) is 0 Å². The molecule has 1 N–H and O–H groups in total. The van der Waals surface area contributed by atoms with Crippen LogP contribution in [0.25, 0.3) is 0 Å². The van der Waals surface area contributed by atoms with Crippen molar-refractivity contribution >= 4 is 5.97 Å². The molecule has 2 rings (SSSR count). The molecule has 0 bridgehead atoms. The van der Waals surface area contributed by atoms with Gasteiger partial charge < -0.3 is 5.11 Å². The molecule has 1 aliphatic carbocycles. The minimum absolute atomic E-state index is 0.232. The standard InChI is InChI=1S/C13H17NO2/c1-10-5-4-6-11(9-10)14-8-3-2-7-12(14)13(15)16/h2-6,11-12H,7-9H2,1H3,(H,15,16). The van der Waals surface area contributed by atoms with E-state index in [9.17, 15) is 9.90 Å². The lowest BCUT2D eigenvalue weighted by atomic mass is 9.96. The van der Waals surface area contributed by atoms with Gasteiger partial charge in [0, 0.05) is 12.6 Å². The number of carboxylic acids is 1. The zero-order valence-corrected chi connectivity index (χ0v) is 9.47. The summed E-state index contributed by atoms with van der Waals surface area (Å²) in [5.74, 6) is -0.718. The van der Waals surface area contributed by atoms with Crippen LogP contribution in [0.3, 0.4) is 0 Å². The van der Waals surface area contributed by atoms with Gasteiger partial charge in [-0.1, -0.05) is 36.0 Å². The molecule has 0 aromatic heterocycles. The number of hydrogen-bond acceptors (Lipinski definition) is 2. The van der Waals surface area contributed by atoms with Crippen LogP contribution in [0.4, 0.5) is 0 Å². The number of hydrogen-bond donors (Lipinski definition) is 1. The van der Waals surface area contributed by atoms with Gasteiger partial charge in [-0.2, -0.15) is 0 Å². The van der Waals surface area contributed by atoms with Crippen molar-refractivity contribution in [3.63, 3.8) is 0 Å². The van der Waals surface area contributed by atoms with Gasteiger partial charge in [0.1, 0.15) is 6.04 Å². The van der Waals surface area contributed by atoms with Crippen LogP contribution in [0, 0.1) is 0 Å². The number of nitrogens with zero attached hydrogens (tertiary/aromatic N) is 1. The zero-order valence-electron chi connectivity index (χ0n) is 9.47. The first-order valence-corrected chi connectivity index (χ1v) is 5.66. The minimum Gasteiger partial charge on any atom is -0.480 e. The van der Waals surface area contributed by atoms with E-state index in [2.05, 4.69) is 30.1 Å². The average molecular weight is 219 g/mol. The van der Waals surface area contributed by atoms with Crippen LogP contribution >= 0.6 is 0 Å². The Balaban J connectivity index is 2.13. The normalized spacial score (nSPS) is 30.2. The molecule has 0 spiro atoms. The number of rotatable bonds is 2. The molecule has 2 atom stereocenters. The first kappa shape index (κ1) is 11.1. The minimum atomic E-state index is -0.718. The Morgan fingerprint density at radius 3 is 3.00 bits per heavy atom. The molecule has 16 heavy (non-hydrogen) atoms. The van der Waals surface area contributed by atoms with Crippen LogP contribution in [0.5, 0.6) is 0 Å². The molecule has 0 radical (unpaired) electrons. The lowest BCUT2D eigenvalue weighted by Gasteiger charge is -2.36. The van der Waals surface area contributed by atoms with Gasteiger partial charge in [0.25, 0.3) is 0 Å². The molecule has 3 heteroatoms. The van der Waals surface area contributed by atoms with Crippen molar-refractivity contribution in [1.82, 2.24) is 4.90 Å². The van der Waals surface area contributed by atoms with E-state index in [0.29, 0.717) is 6.42 Å². The Morgan fingerprint density at radius 1 is 1.50 bits per heavy atom. The molecule has 0 aromatic carbocycles. The number of allylic oxidation sites excluding steroid dienone is 2. The van der Waals surface area contributed by atoms with Crippen molar-refractivity contribution in [2.45, 2.75) is 31.8 Å². The summed E-state index contributed by atoms with van der Waals surface area (Å²) in [5.41, 5.74) is 1.31. The lowest BCUT2D eigenvalue weighted by Crippen LogP contribution is -2.48. The third-order valence-electron chi connectivity index (χ3n) is 3.20. The Bertz CT molecular complexity index is 368. The molecule has 0 amide bonds. The molecule has 1 aliphatic heterocycles. The summed E-state index contributed by atoms with van der Waals surface area (Å²) in [5, 5.41) is 9.19. The molecule has 1 heterocycles. The molecule has 2 aliphatic rings. The molecule has 0 saturated heterocycles. The SMILES string of the molecule is CC1=CC=CC(N2CC=CCC2C(=O)O)C1. The van der Waals surface area contributed by atoms with Gasteiger partial charge in [0.05, 0.1) is 0 Å². The largest absolute Gasteiger partial charge is 0.480 e. The summed E-state index contributed by atoms with van der Waals surface area (Å²) in [7, 11) is 0. The summed E-state index contributed by atoms with van der Waals surface area (Å²) in [6.45, 7) is 2.82. The molecule has 3 nitrogen and oxygen atoms in total. The molecular formula is C13H17NO2. The Labute approximate surface area is 95.8 Å². The zero-order chi connectivity index (χ0) is 11.5. The first-order valence-electron chi connectivity index (χ1n) is 5.66. The second-order valence-corrected chi connectivity index (χ2v) is 4.43. The van der Waals surface area contributed by atoms with Crippen LogP contribution in [-0.4, -0.2) is 34.6 Å². The highest BCUT2D eigenvalue weighted by atomic mass is 16.4. The van der Waals surface area contributed by atoms with Crippen LogP contribution in [0.1, 0.15) is 19.8 Å². The topological polar surface area (TPSA) is 40.5 Å². The van der Waals surface area contributed by atoms with Gasteiger partial charge in [0.2, 0.25) is 0 Å². The van der Waals surface area contributed by atoms with Crippen molar-refractivity contribution in [1.29, 1.82) is 0 Å². The van der Waals surface area contributed by atoms with Gasteiger partial charge in [0.15, 0.2) is 0 Å². The maximum absolute atomic E-state index is 11.2. The Hall–Kier alpha value is -1.35. The third kappa shape index (κ3) is 2.25. The van der Waals surface area contributed by atoms with E-state index in [1.165, 1.54) is 5.57 Å². The molecule has 0 saturated carbocycles. The van der Waals surface area contributed by atoms with Crippen molar-refractivity contribution < 1.29 is 9.90 Å². The summed E-state index contributed by atoms with van der Waals surface area (Å²) in [6.07, 6.45) is 11.8. The van der Waals surface area contributed by atoms with Gasteiger partial charge in [-0.05, 0) is 19.8 Å². The van der Waals surface area contributed by atoms with Crippen molar-refractivity contribution in [3.05, 3.63) is 36.0 Å². The number of aliphatic carboxylic acids is 1. The van der Waals surface area contributed by atoms with Crippen molar-refractivity contribution in [3.8, 4) is 0 Å². The fourth-order valence-electron chi connectivity index (χ4n) is 2.34. The van der Waals surface area contributed by atoms with E-state index in [4.69, 9.17) is 0 Å². The summed E-state index contributed by atoms with van der Waals surface area (Å²) in [6, 6.07) is -0.137. The monoisotopic (exact) mass is 219 g/mol. The Kier molecular flexibility index (Phi) is 3.25. The number of carboxylic acid groups (broad SMARTS) is 1. The van der Waals surface area contributed by atoms with Crippen LogP contribution in [0.2, 0.25) is 0 Å².